The average Bonchev–Trinajstić information content (AvgIpc) is 3.18. The van der Waals surface area contributed by atoms with Crippen LogP contribution in [-0.2, 0) is 17.8 Å². The minimum Gasteiger partial charge on any atom is -0.376 e. The zero-order valence-electron chi connectivity index (χ0n) is 23.4. The van der Waals surface area contributed by atoms with Crippen molar-refractivity contribution in [3.8, 4) is 0 Å². The molecular weight excluding hydrogens is 463 g/mol. The number of ether oxygens (including phenoxy) is 1. The van der Waals surface area contributed by atoms with E-state index in [0.717, 1.165) is 23.9 Å². The standard InChI is InChI=1S/C31H45FN2OSi/c1-30(2,3)36(6,7)29-27(26-19-25(32)13-14-28(26)33-29)22-35-21-24-15-17-31(18-16-24,34(4)5)20-23-11-9-8-10-12-23/h8-14,19,24,33H,15-18,20-22H2,1-7H3. The first-order chi connectivity index (χ1) is 16.9. The Hall–Kier alpha value is -1.95. The maximum absolute atomic E-state index is 14.2. The van der Waals surface area contributed by atoms with E-state index in [1.165, 1.54) is 42.1 Å². The van der Waals surface area contributed by atoms with Crippen molar-refractivity contribution in [2.45, 2.75) is 83.2 Å². The third-order valence-corrected chi connectivity index (χ3v) is 14.8. The fourth-order valence-electron chi connectivity index (χ4n) is 5.75. The molecule has 1 heterocycles. The Balaban J connectivity index is 1.45. The van der Waals surface area contributed by atoms with Gasteiger partial charge >= 0.3 is 0 Å². The number of rotatable bonds is 8. The lowest BCUT2D eigenvalue weighted by Crippen LogP contribution is -2.51. The van der Waals surface area contributed by atoms with Crippen LogP contribution < -0.4 is 5.32 Å². The molecule has 3 aromatic rings. The fourth-order valence-corrected chi connectivity index (χ4v) is 7.90. The van der Waals surface area contributed by atoms with Gasteiger partial charge in [0.05, 0.1) is 6.61 Å². The van der Waals surface area contributed by atoms with Crippen LogP contribution in [0.2, 0.25) is 18.1 Å². The number of H-pyrrole nitrogens is 1. The highest BCUT2D eigenvalue weighted by Gasteiger charge is 2.41. The summed E-state index contributed by atoms with van der Waals surface area (Å²) in [5, 5.41) is 2.46. The van der Waals surface area contributed by atoms with E-state index in [1.54, 1.807) is 12.1 Å². The summed E-state index contributed by atoms with van der Waals surface area (Å²) in [5.41, 5.74) is 3.83. The van der Waals surface area contributed by atoms with Crippen LogP contribution in [0.5, 0.6) is 0 Å². The first-order valence-corrected chi connectivity index (χ1v) is 16.5. The van der Waals surface area contributed by atoms with Gasteiger partial charge in [-0.2, -0.15) is 0 Å². The zero-order valence-corrected chi connectivity index (χ0v) is 24.4. The largest absolute Gasteiger partial charge is 0.376 e. The minimum absolute atomic E-state index is 0.179. The van der Waals surface area contributed by atoms with Crippen molar-refractivity contribution in [3.05, 3.63) is 65.5 Å². The maximum atomic E-state index is 14.2. The lowest BCUT2D eigenvalue weighted by Gasteiger charge is -2.45. The topological polar surface area (TPSA) is 28.3 Å². The summed E-state index contributed by atoms with van der Waals surface area (Å²) in [7, 11) is 2.62. The Labute approximate surface area is 218 Å². The fraction of sp³-hybridized carbons (Fsp3) is 0.548. The second-order valence-corrected chi connectivity index (χ2v) is 18.0. The molecule has 0 amide bonds. The molecule has 2 aromatic carbocycles. The lowest BCUT2D eigenvalue weighted by molar-refractivity contribution is 0.0310. The molecule has 196 valence electrons. The smallest absolute Gasteiger partial charge is 0.123 e. The Morgan fingerprint density at radius 2 is 1.72 bits per heavy atom. The van der Waals surface area contributed by atoms with Crippen LogP contribution in [0.3, 0.4) is 0 Å². The van der Waals surface area contributed by atoms with Crippen molar-refractivity contribution in [2.24, 2.45) is 5.92 Å². The summed E-state index contributed by atoms with van der Waals surface area (Å²) in [6.07, 6.45) is 5.85. The van der Waals surface area contributed by atoms with Crippen molar-refractivity contribution in [1.82, 2.24) is 9.88 Å². The summed E-state index contributed by atoms with van der Waals surface area (Å²) < 4.78 is 20.6. The van der Waals surface area contributed by atoms with Gasteiger partial charge < -0.3 is 14.6 Å². The first-order valence-electron chi connectivity index (χ1n) is 13.5. The number of nitrogens with zero attached hydrogens (tertiary/aromatic N) is 1. The normalized spacial score (nSPS) is 21.4. The molecule has 0 saturated heterocycles. The number of benzene rings is 2. The molecule has 5 heteroatoms. The Morgan fingerprint density at radius 1 is 1.06 bits per heavy atom. The highest BCUT2D eigenvalue weighted by Crippen LogP contribution is 2.39. The van der Waals surface area contributed by atoms with Gasteiger partial charge in [0.15, 0.2) is 0 Å². The minimum atomic E-state index is -1.85. The van der Waals surface area contributed by atoms with Gasteiger partial charge in [-0.15, -0.1) is 0 Å². The quantitative estimate of drug-likeness (QED) is 0.324. The number of aromatic nitrogens is 1. The van der Waals surface area contributed by atoms with Gasteiger partial charge in [0.2, 0.25) is 0 Å². The van der Waals surface area contributed by atoms with Crippen LogP contribution in [0.25, 0.3) is 10.9 Å². The molecule has 1 N–H and O–H groups in total. The number of aromatic amines is 1. The predicted octanol–water partition coefficient (Wildman–Crippen LogP) is 7.27. The van der Waals surface area contributed by atoms with Crippen molar-refractivity contribution in [3.63, 3.8) is 0 Å². The SMILES string of the molecule is CN(C)C1(Cc2ccccc2)CCC(COCc2c([Si](C)(C)C(C)(C)C)[nH]c3ccc(F)cc23)CC1. The molecule has 0 bridgehead atoms. The molecule has 1 aliphatic rings. The maximum Gasteiger partial charge on any atom is 0.123 e. The van der Waals surface area contributed by atoms with Crippen molar-refractivity contribution in [1.29, 1.82) is 0 Å². The number of nitrogens with one attached hydrogen (secondary N) is 1. The van der Waals surface area contributed by atoms with Gasteiger partial charge in [0.25, 0.3) is 0 Å². The number of fused-ring (bicyclic) bond motifs is 1. The number of likely N-dealkylation sites (N-methyl/N-ethyl adjacent to an activating group) is 1. The Bertz CT molecular complexity index is 1150. The van der Waals surface area contributed by atoms with E-state index < -0.39 is 8.07 Å². The molecule has 1 fully saturated rings. The van der Waals surface area contributed by atoms with E-state index in [1.807, 2.05) is 6.07 Å². The van der Waals surface area contributed by atoms with E-state index in [9.17, 15) is 4.39 Å². The molecule has 4 rings (SSSR count). The molecule has 1 aliphatic carbocycles. The second-order valence-electron chi connectivity index (χ2n) is 12.8. The van der Waals surface area contributed by atoms with Crippen molar-refractivity contribution < 1.29 is 9.13 Å². The Kier molecular flexibility index (Phi) is 7.85. The third kappa shape index (κ3) is 5.48. The van der Waals surface area contributed by atoms with Crippen LogP contribution in [0, 0.1) is 11.7 Å². The molecule has 0 unspecified atom stereocenters. The van der Waals surface area contributed by atoms with Crippen LogP contribution in [-0.4, -0.2) is 44.2 Å². The van der Waals surface area contributed by atoms with Gasteiger partial charge in [-0.1, -0.05) is 64.2 Å². The monoisotopic (exact) mass is 508 g/mol. The van der Waals surface area contributed by atoms with Gasteiger partial charge in [-0.3, -0.25) is 0 Å². The molecule has 1 aromatic heterocycles. The van der Waals surface area contributed by atoms with Crippen LogP contribution >= 0.6 is 0 Å². The lowest BCUT2D eigenvalue weighted by atomic mass is 9.73. The van der Waals surface area contributed by atoms with Crippen molar-refractivity contribution in [2.75, 3.05) is 20.7 Å². The summed E-state index contributed by atoms with van der Waals surface area (Å²) >= 11 is 0. The second kappa shape index (κ2) is 10.4. The molecule has 0 spiro atoms. The number of hydrogen-bond donors (Lipinski definition) is 1. The summed E-state index contributed by atoms with van der Waals surface area (Å²) in [6, 6.07) is 16.0. The molecule has 1 saturated carbocycles. The van der Waals surface area contributed by atoms with E-state index in [4.69, 9.17) is 4.74 Å². The van der Waals surface area contributed by atoms with E-state index in [-0.39, 0.29) is 16.4 Å². The van der Waals surface area contributed by atoms with Crippen LogP contribution in [0.15, 0.2) is 48.5 Å². The summed E-state index contributed by atoms with van der Waals surface area (Å²) in [5.74, 6) is 0.391. The predicted molar refractivity (Wildman–Crippen MR) is 153 cm³/mol. The van der Waals surface area contributed by atoms with Gasteiger partial charge in [-0.05, 0) is 80.9 Å². The van der Waals surface area contributed by atoms with Gasteiger partial charge in [-0.25, -0.2) is 4.39 Å². The molecule has 3 nitrogen and oxygen atoms in total. The van der Waals surface area contributed by atoms with E-state index in [0.29, 0.717) is 12.5 Å². The highest BCUT2D eigenvalue weighted by atomic mass is 28.3. The van der Waals surface area contributed by atoms with Crippen LogP contribution in [0.1, 0.15) is 57.6 Å². The molecule has 36 heavy (non-hydrogen) atoms. The summed E-state index contributed by atoms with van der Waals surface area (Å²) in [4.78, 5) is 6.13. The average molecular weight is 509 g/mol. The van der Waals surface area contributed by atoms with Crippen molar-refractivity contribution >= 4 is 24.3 Å². The molecule has 0 aliphatic heterocycles. The highest BCUT2D eigenvalue weighted by molar-refractivity contribution is 6.92. The van der Waals surface area contributed by atoms with E-state index in [2.05, 4.69) is 88.2 Å². The van der Waals surface area contributed by atoms with Gasteiger partial charge in [0, 0.05) is 33.9 Å². The summed E-state index contributed by atoms with van der Waals surface area (Å²) in [6.45, 7) is 13.1. The van der Waals surface area contributed by atoms with Crippen LogP contribution in [0.4, 0.5) is 4.39 Å². The van der Waals surface area contributed by atoms with Gasteiger partial charge in [0.1, 0.15) is 13.9 Å². The first kappa shape index (κ1) is 27.1. The number of halogens is 1. The molecule has 0 radical (unpaired) electrons. The third-order valence-electron chi connectivity index (χ3n) is 9.33. The zero-order chi connectivity index (χ0) is 26.1. The molecular formula is C31H45FN2OSi. The molecule has 0 atom stereocenters. The Morgan fingerprint density at radius 3 is 2.33 bits per heavy atom. The number of hydrogen-bond acceptors (Lipinski definition) is 2. The van der Waals surface area contributed by atoms with E-state index >= 15 is 0 Å².